The largest absolute Gasteiger partial charge is 0.433 e. The van der Waals surface area contributed by atoms with Gasteiger partial charge >= 0.3 is 6.18 Å². The number of halogens is 4. The van der Waals surface area contributed by atoms with Gasteiger partial charge in [-0.3, -0.25) is 14.7 Å². The van der Waals surface area contributed by atoms with Gasteiger partial charge in [-0.1, -0.05) is 12.1 Å². The number of para-hydroxylation sites is 1. The van der Waals surface area contributed by atoms with Gasteiger partial charge in [0.15, 0.2) is 5.69 Å². The summed E-state index contributed by atoms with van der Waals surface area (Å²) in [6.45, 7) is 4.06. The van der Waals surface area contributed by atoms with Gasteiger partial charge in [-0.15, -0.1) is 0 Å². The van der Waals surface area contributed by atoms with Crippen LogP contribution in [0.15, 0.2) is 35.1 Å². The van der Waals surface area contributed by atoms with Crippen molar-refractivity contribution in [2.75, 3.05) is 49.5 Å². The van der Waals surface area contributed by atoms with Crippen molar-refractivity contribution in [3.05, 3.63) is 52.2 Å². The lowest BCUT2D eigenvalue weighted by Gasteiger charge is -2.36. The molecule has 2 heterocycles. The van der Waals surface area contributed by atoms with Crippen LogP contribution < -0.4 is 15.8 Å². The van der Waals surface area contributed by atoms with Gasteiger partial charge in [-0.05, 0) is 25.1 Å². The number of nitrogens with one attached hydrogen (secondary N) is 2. The van der Waals surface area contributed by atoms with Crippen molar-refractivity contribution >= 4 is 11.6 Å². The second-order valence-electron chi connectivity index (χ2n) is 6.54. The molecule has 1 aliphatic rings. The van der Waals surface area contributed by atoms with Crippen LogP contribution in [0.2, 0.25) is 0 Å². The lowest BCUT2D eigenvalue weighted by molar-refractivity contribution is -0.141. The van der Waals surface area contributed by atoms with Crippen molar-refractivity contribution in [1.29, 1.82) is 0 Å². The van der Waals surface area contributed by atoms with E-state index >= 15 is 0 Å². The van der Waals surface area contributed by atoms with Crippen LogP contribution in [0.1, 0.15) is 12.1 Å². The summed E-state index contributed by atoms with van der Waals surface area (Å²) in [7, 11) is 0. The van der Waals surface area contributed by atoms with Crippen LogP contribution >= 0.6 is 0 Å². The number of hydrogen-bond donors (Lipinski definition) is 2. The molecule has 6 nitrogen and oxygen atoms in total. The number of benzene rings is 1. The molecule has 1 saturated heterocycles. The van der Waals surface area contributed by atoms with E-state index in [9.17, 15) is 22.4 Å². The Balaban J connectivity index is 1.43. The molecule has 10 heteroatoms. The predicted octanol–water partition coefficient (Wildman–Crippen LogP) is 2.55. The van der Waals surface area contributed by atoms with Crippen LogP contribution in [-0.2, 0) is 6.18 Å². The van der Waals surface area contributed by atoms with Crippen LogP contribution in [0, 0.1) is 5.82 Å². The molecule has 1 aromatic heterocycles. The number of aromatic amines is 1. The molecule has 3 rings (SSSR count). The molecule has 1 aromatic carbocycles. The van der Waals surface area contributed by atoms with E-state index in [1.807, 2.05) is 11.0 Å². The first kappa shape index (κ1) is 20.1. The molecule has 0 aliphatic carbocycles. The molecule has 2 aromatic rings. The Morgan fingerprint density at radius 3 is 2.54 bits per heavy atom. The molecule has 1 fully saturated rings. The number of aromatic nitrogens is 2. The van der Waals surface area contributed by atoms with Gasteiger partial charge < -0.3 is 10.2 Å². The second-order valence-corrected chi connectivity index (χ2v) is 6.54. The molecular formula is C18H21F4N5O. The van der Waals surface area contributed by atoms with Gasteiger partial charge in [0.05, 0.1) is 5.69 Å². The third-order valence-electron chi connectivity index (χ3n) is 4.54. The molecule has 2 N–H and O–H groups in total. The van der Waals surface area contributed by atoms with Crippen LogP contribution in [0.25, 0.3) is 0 Å². The summed E-state index contributed by atoms with van der Waals surface area (Å²) in [6, 6.07) is 7.11. The van der Waals surface area contributed by atoms with Crippen molar-refractivity contribution in [2.24, 2.45) is 0 Å². The summed E-state index contributed by atoms with van der Waals surface area (Å²) >= 11 is 0. The summed E-state index contributed by atoms with van der Waals surface area (Å²) in [5.74, 6) is -0.424. The van der Waals surface area contributed by atoms with E-state index in [2.05, 4.69) is 20.2 Å². The standard InChI is InChI=1S/C18H21F4N5O/c19-13-4-1-2-5-14(13)27-10-8-26(9-11-27)7-3-6-23-17-24-15(18(20,21)22)12-16(28)25-17/h1-2,4-5,12H,3,6-11H2,(H2,23,24,25,28). The zero-order valence-electron chi connectivity index (χ0n) is 15.1. The van der Waals surface area contributed by atoms with E-state index in [-0.39, 0.29) is 11.8 Å². The first-order valence-corrected chi connectivity index (χ1v) is 8.97. The fourth-order valence-electron chi connectivity index (χ4n) is 3.12. The highest BCUT2D eigenvalue weighted by atomic mass is 19.4. The molecule has 0 spiro atoms. The monoisotopic (exact) mass is 399 g/mol. The maximum atomic E-state index is 13.8. The Morgan fingerprint density at radius 1 is 1.14 bits per heavy atom. The molecule has 0 atom stereocenters. The summed E-state index contributed by atoms with van der Waals surface area (Å²) in [5.41, 5.74) is -1.47. The zero-order valence-corrected chi connectivity index (χ0v) is 15.1. The molecule has 152 valence electrons. The average Bonchev–Trinajstić information content (AvgIpc) is 2.65. The third kappa shape index (κ3) is 5.22. The summed E-state index contributed by atoms with van der Waals surface area (Å²) < 4.78 is 51.9. The maximum Gasteiger partial charge on any atom is 0.433 e. The lowest BCUT2D eigenvalue weighted by atomic mass is 10.2. The number of piperazine rings is 1. The van der Waals surface area contributed by atoms with Gasteiger partial charge in [-0.25, -0.2) is 9.37 Å². The molecule has 0 saturated carbocycles. The van der Waals surface area contributed by atoms with Gasteiger partial charge in [0, 0.05) is 38.8 Å². The molecular weight excluding hydrogens is 378 g/mol. The van der Waals surface area contributed by atoms with Crippen LogP contribution in [0.4, 0.5) is 29.2 Å². The highest BCUT2D eigenvalue weighted by Crippen LogP contribution is 2.26. The van der Waals surface area contributed by atoms with Crippen LogP contribution in [-0.4, -0.2) is 54.1 Å². The highest BCUT2D eigenvalue weighted by Gasteiger charge is 2.33. The molecule has 0 radical (unpaired) electrons. The summed E-state index contributed by atoms with van der Waals surface area (Å²) in [4.78, 5) is 21.2. The van der Waals surface area contributed by atoms with Gasteiger partial charge in [0.25, 0.3) is 5.56 Å². The second kappa shape index (κ2) is 8.59. The minimum absolute atomic E-state index is 0.191. The number of nitrogens with zero attached hydrogens (tertiary/aromatic N) is 3. The SMILES string of the molecule is O=c1cc(C(F)(F)F)nc(NCCCN2CCN(c3ccccc3F)CC2)[nH]1. The zero-order chi connectivity index (χ0) is 20.1. The number of alkyl halides is 3. The number of H-pyrrole nitrogens is 1. The van der Waals surface area contributed by atoms with Crippen molar-refractivity contribution in [3.8, 4) is 0 Å². The van der Waals surface area contributed by atoms with E-state index in [4.69, 9.17) is 0 Å². The Bertz CT molecular complexity index is 846. The fraction of sp³-hybridized carbons (Fsp3) is 0.444. The minimum atomic E-state index is -4.66. The lowest BCUT2D eigenvalue weighted by Crippen LogP contribution is -2.47. The first-order valence-electron chi connectivity index (χ1n) is 8.97. The predicted molar refractivity (Wildman–Crippen MR) is 98.0 cm³/mol. The molecule has 1 aliphatic heterocycles. The smallest absolute Gasteiger partial charge is 0.367 e. The van der Waals surface area contributed by atoms with Crippen molar-refractivity contribution in [3.63, 3.8) is 0 Å². The normalized spacial score (nSPS) is 15.6. The fourth-order valence-corrected chi connectivity index (χ4v) is 3.12. The minimum Gasteiger partial charge on any atom is -0.367 e. The van der Waals surface area contributed by atoms with Gasteiger partial charge in [0.1, 0.15) is 5.82 Å². The molecule has 0 unspecified atom stereocenters. The number of rotatable bonds is 6. The summed E-state index contributed by atoms with van der Waals surface area (Å²) in [5, 5.41) is 2.73. The van der Waals surface area contributed by atoms with Crippen LogP contribution in [0.3, 0.4) is 0 Å². The number of anilines is 2. The van der Waals surface area contributed by atoms with E-state index in [1.165, 1.54) is 6.07 Å². The van der Waals surface area contributed by atoms with Crippen molar-refractivity contribution < 1.29 is 17.6 Å². The highest BCUT2D eigenvalue weighted by molar-refractivity contribution is 5.48. The number of hydrogen-bond acceptors (Lipinski definition) is 5. The molecule has 0 bridgehead atoms. The van der Waals surface area contributed by atoms with Crippen molar-refractivity contribution in [2.45, 2.75) is 12.6 Å². The van der Waals surface area contributed by atoms with E-state index in [0.717, 1.165) is 19.6 Å². The van der Waals surface area contributed by atoms with Gasteiger partial charge in [-0.2, -0.15) is 13.2 Å². The van der Waals surface area contributed by atoms with E-state index in [1.54, 1.807) is 12.1 Å². The summed E-state index contributed by atoms with van der Waals surface area (Å²) in [6.07, 6.45) is -4.00. The van der Waals surface area contributed by atoms with E-state index in [0.29, 0.717) is 37.8 Å². The quantitative estimate of drug-likeness (QED) is 0.578. The Hall–Kier alpha value is -2.62. The van der Waals surface area contributed by atoms with E-state index < -0.39 is 17.4 Å². The Morgan fingerprint density at radius 2 is 1.86 bits per heavy atom. The first-order chi connectivity index (χ1) is 13.3. The maximum absolute atomic E-state index is 13.8. The van der Waals surface area contributed by atoms with Crippen LogP contribution in [0.5, 0.6) is 0 Å². The van der Waals surface area contributed by atoms with Crippen molar-refractivity contribution in [1.82, 2.24) is 14.9 Å². The van der Waals surface area contributed by atoms with Gasteiger partial charge in [0.2, 0.25) is 5.95 Å². The molecule has 0 amide bonds. The average molecular weight is 399 g/mol. The third-order valence-corrected chi connectivity index (χ3v) is 4.54. The Labute approximate surface area is 159 Å². The molecule has 28 heavy (non-hydrogen) atoms. The Kier molecular flexibility index (Phi) is 6.18. The topological polar surface area (TPSA) is 64.3 Å².